The van der Waals surface area contributed by atoms with E-state index in [4.69, 9.17) is 20.2 Å². The Balaban J connectivity index is 1.54. The molecular weight excluding hydrogens is 497 g/mol. The highest BCUT2D eigenvalue weighted by Crippen LogP contribution is 2.41. The van der Waals surface area contributed by atoms with Crippen molar-refractivity contribution in [3.05, 3.63) is 82.9 Å². The number of nitrogens with zero attached hydrogens (tertiary/aromatic N) is 2. The van der Waals surface area contributed by atoms with Gasteiger partial charge in [-0.15, -0.1) is 22.7 Å². The Morgan fingerprint density at radius 1 is 0.618 bits per heavy atom. The van der Waals surface area contributed by atoms with Gasteiger partial charge in [-0.2, -0.15) is 0 Å². The molecule has 0 unspecified atom stereocenters. The first-order valence-corrected chi connectivity index (χ1v) is 14.3. The third-order valence-electron chi connectivity index (χ3n) is 6.68. The zero-order valence-electron chi connectivity index (χ0n) is 19.5. The summed E-state index contributed by atoms with van der Waals surface area (Å²) < 4.78 is 4.12. The maximum Gasteiger partial charge on any atom is 0.165 e. The summed E-state index contributed by atoms with van der Waals surface area (Å²) in [5.74, 6) is 0. The van der Waals surface area contributed by atoms with E-state index in [1.807, 2.05) is 0 Å². The molecule has 0 radical (unpaired) electrons. The lowest BCUT2D eigenvalue weighted by atomic mass is 9.74. The molecule has 4 N–H and O–H groups in total. The fourth-order valence-electron chi connectivity index (χ4n) is 4.58. The number of nitrogens with two attached hydrogens (primary N) is 2. The topological polar surface area (TPSA) is 77.8 Å². The van der Waals surface area contributed by atoms with Crippen molar-refractivity contribution in [2.45, 2.75) is 47.2 Å². The van der Waals surface area contributed by atoms with Crippen LogP contribution in [-0.2, 0) is 10.8 Å². The minimum absolute atomic E-state index is 0.199. The second-order valence-corrected chi connectivity index (χ2v) is 13.2. The van der Waals surface area contributed by atoms with Gasteiger partial charge in [0.15, 0.2) is 8.68 Å². The minimum Gasteiger partial charge on any atom is -0.272 e. The summed E-state index contributed by atoms with van der Waals surface area (Å²) in [7, 11) is 0. The van der Waals surface area contributed by atoms with Gasteiger partial charge in [0, 0.05) is 10.8 Å². The molecule has 0 saturated heterocycles. The van der Waals surface area contributed by atoms with E-state index >= 15 is 0 Å². The first-order valence-electron chi connectivity index (χ1n) is 10.9. The molecule has 0 fully saturated rings. The van der Waals surface area contributed by atoms with E-state index in [0.717, 1.165) is 19.7 Å². The second-order valence-electron chi connectivity index (χ2n) is 9.33. The molecule has 0 aliphatic carbocycles. The van der Waals surface area contributed by atoms with Crippen LogP contribution in [0.1, 0.15) is 49.9 Å². The molecule has 2 heterocycles. The van der Waals surface area contributed by atoms with Crippen LogP contribution < -0.4 is 10.3 Å². The molecule has 5 aromatic rings. The van der Waals surface area contributed by atoms with Gasteiger partial charge in [0.25, 0.3) is 0 Å². The third kappa shape index (κ3) is 3.96. The van der Waals surface area contributed by atoms with Crippen molar-refractivity contribution in [1.29, 1.82) is 0 Å². The Hall–Kier alpha value is -1.94. The number of hydrogen-bond donors (Lipinski definition) is 2. The van der Waals surface area contributed by atoms with Gasteiger partial charge in [-0.05, 0) is 58.3 Å². The highest BCUT2D eigenvalue weighted by molar-refractivity contribution is 7.99. The molecule has 0 amide bonds. The zero-order valence-corrected chi connectivity index (χ0v) is 22.7. The van der Waals surface area contributed by atoms with Crippen molar-refractivity contribution in [2.75, 3.05) is 0 Å². The molecule has 5 rings (SSSR count). The van der Waals surface area contributed by atoms with Crippen LogP contribution in [0.25, 0.3) is 20.4 Å². The largest absolute Gasteiger partial charge is 0.272 e. The summed E-state index contributed by atoms with van der Waals surface area (Å²) in [5, 5.41) is 11.6. The Labute approximate surface area is 216 Å². The van der Waals surface area contributed by atoms with Gasteiger partial charge in [-0.25, -0.2) is 9.97 Å². The molecule has 0 spiro atoms. The fourth-order valence-corrected chi connectivity index (χ4v) is 7.24. The number of aromatic nitrogens is 2. The minimum atomic E-state index is -0.199. The number of rotatable bonds is 6. The highest BCUT2D eigenvalue weighted by Gasteiger charge is 2.30. The first-order chi connectivity index (χ1) is 16.3. The van der Waals surface area contributed by atoms with Crippen LogP contribution in [0, 0.1) is 0 Å². The van der Waals surface area contributed by atoms with Crippen molar-refractivity contribution in [1.82, 2.24) is 9.97 Å². The lowest BCUT2D eigenvalue weighted by molar-refractivity contribution is 0.631. The first kappa shape index (κ1) is 23.8. The second kappa shape index (κ2) is 8.93. The van der Waals surface area contributed by atoms with Gasteiger partial charge < -0.3 is 0 Å². The average molecular weight is 523 g/mol. The number of para-hydroxylation sites is 2. The van der Waals surface area contributed by atoms with Gasteiger partial charge in [0.2, 0.25) is 0 Å². The zero-order chi connectivity index (χ0) is 24.1. The maximum absolute atomic E-state index is 5.79. The molecule has 2 aromatic heterocycles. The molecule has 174 valence electrons. The highest BCUT2D eigenvalue weighted by atomic mass is 32.2. The van der Waals surface area contributed by atoms with Gasteiger partial charge in [-0.3, -0.25) is 10.3 Å². The van der Waals surface area contributed by atoms with Crippen LogP contribution in [0.2, 0.25) is 0 Å². The molecule has 3 aromatic carbocycles. The van der Waals surface area contributed by atoms with Crippen LogP contribution in [0.3, 0.4) is 0 Å². The SMILES string of the molecule is CC(C)(c1ccc(C(C)(C)c2cccc3sc(SN)nc23)cc1)c1cccc2sc(SN)nc12. The van der Waals surface area contributed by atoms with Crippen LogP contribution in [0.5, 0.6) is 0 Å². The summed E-state index contributed by atoms with van der Waals surface area (Å²) in [6, 6.07) is 21.8. The van der Waals surface area contributed by atoms with Crippen molar-refractivity contribution >= 4 is 67.0 Å². The number of fused-ring (bicyclic) bond motifs is 2. The number of hydrogen-bond acceptors (Lipinski definition) is 8. The number of thiazole rings is 2. The molecule has 0 bridgehead atoms. The number of benzene rings is 3. The van der Waals surface area contributed by atoms with Crippen molar-refractivity contribution < 1.29 is 0 Å². The molecule has 0 aliphatic rings. The van der Waals surface area contributed by atoms with Crippen molar-refractivity contribution in [3.63, 3.8) is 0 Å². The maximum atomic E-state index is 5.79. The predicted octanol–water partition coefficient (Wildman–Crippen LogP) is 7.49. The van der Waals surface area contributed by atoms with E-state index in [2.05, 4.69) is 88.4 Å². The normalized spacial score (nSPS) is 12.6. The van der Waals surface area contributed by atoms with E-state index in [-0.39, 0.29) is 10.8 Å². The molecule has 8 heteroatoms. The van der Waals surface area contributed by atoms with E-state index in [1.165, 1.54) is 55.5 Å². The quantitative estimate of drug-likeness (QED) is 0.225. The van der Waals surface area contributed by atoms with Gasteiger partial charge in [0.05, 0.1) is 20.4 Å². The molecule has 0 saturated carbocycles. The van der Waals surface area contributed by atoms with E-state index in [0.29, 0.717) is 0 Å². The summed E-state index contributed by atoms with van der Waals surface area (Å²) in [6.07, 6.45) is 0. The molecule has 4 nitrogen and oxygen atoms in total. The Bertz CT molecular complexity index is 1370. The van der Waals surface area contributed by atoms with Gasteiger partial charge in [-0.1, -0.05) is 76.2 Å². The summed E-state index contributed by atoms with van der Waals surface area (Å²) in [6.45, 7) is 9.05. The molecule has 34 heavy (non-hydrogen) atoms. The smallest absolute Gasteiger partial charge is 0.165 e. The molecule has 0 aliphatic heterocycles. The molecule has 0 atom stereocenters. The monoisotopic (exact) mass is 522 g/mol. The van der Waals surface area contributed by atoms with E-state index < -0.39 is 0 Å². The van der Waals surface area contributed by atoms with Crippen LogP contribution in [0.4, 0.5) is 0 Å². The van der Waals surface area contributed by atoms with E-state index in [9.17, 15) is 0 Å². The van der Waals surface area contributed by atoms with Crippen molar-refractivity contribution in [3.8, 4) is 0 Å². The average Bonchev–Trinajstić information content (AvgIpc) is 3.47. The summed E-state index contributed by atoms with van der Waals surface area (Å²) in [4.78, 5) is 9.59. The summed E-state index contributed by atoms with van der Waals surface area (Å²) in [5.41, 5.74) is 6.62. The lowest BCUT2D eigenvalue weighted by Crippen LogP contribution is -2.22. The Morgan fingerprint density at radius 3 is 1.35 bits per heavy atom. The Morgan fingerprint density at radius 2 is 1.00 bits per heavy atom. The van der Waals surface area contributed by atoms with Crippen LogP contribution in [0.15, 0.2) is 69.3 Å². The van der Waals surface area contributed by atoms with Crippen LogP contribution >= 0.6 is 46.6 Å². The standard InChI is InChI=1S/C26H26N4S4/c1-25(2,17-7-5-9-19-21(17)29-23(31-19)33-27)15-11-13-16(14-12-15)26(3,4)18-8-6-10-20-22(18)30-24(32-20)34-28/h5-14H,27-28H2,1-4H3. The molecular formula is C26H26N4S4. The van der Waals surface area contributed by atoms with Gasteiger partial charge >= 0.3 is 0 Å². The lowest BCUT2D eigenvalue weighted by Gasteiger charge is -2.30. The van der Waals surface area contributed by atoms with Crippen LogP contribution in [-0.4, -0.2) is 9.97 Å². The third-order valence-corrected chi connectivity index (χ3v) is 9.97. The fraction of sp³-hybridized carbons (Fsp3) is 0.231. The predicted molar refractivity (Wildman–Crippen MR) is 150 cm³/mol. The summed E-state index contributed by atoms with van der Waals surface area (Å²) >= 11 is 5.71. The Kier molecular flexibility index (Phi) is 6.25. The van der Waals surface area contributed by atoms with E-state index in [1.54, 1.807) is 22.7 Å². The van der Waals surface area contributed by atoms with Crippen molar-refractivity contribution in [2.24, 2.45) is 10.3 Å². The van der Waals surface area contributed by atoms with Gasteiger partial charge in [0.1, 0.15) is 0 Å².